The summed E-state index contributed by atoms with van der Waals surface area (Å²) in [6.45, 7) is 2.25. The van der Waals surface area contributed by atoms with Crippen LogP contribution in [0.2, 0.25) is 0 Å². The van der Waals surface area contributed by atoms with Crippen molar-refractivity contribution in [3.8, 4) is 0 Å². The molecule has 20 heavy (non-hydrogen) atoms. The van der Waals surface area contributed by atoms with Crippen LogP contribution in [0.15, 0.2) is 24.4 Å². The number of rotatable bonds is 4. The van der Waals surface area contributed by atoms with Gasteiger partial charge < -0.3 is 10.4 Å². The van der Waals surface area contributed by atoms with Crippen molar-refractivity contribution >= 4 is 11.5 Å². The third-order valence-corrected chi connectivity index (χ3v) is 3.98. The van der Waals surface area contributed by atoms with Crippen LogP contribution < -0.4 is 5.32 Å². The van der Waals surface area contributed by atoms with E-state index in [1.807, 2.05) is 12.1 Å². The number of hydrogen-bond donors (Lipinski definition) is 3. The zero-order valence-corrected chi connectivity index (χ0v) is 11.6. The molecule has 0 aromatic carbocycles. The molecule has 2 unspecified atom stereocenters. The maximum Gasteiger partial charge on any atom is 0.152 e. The fraction of sp³-hybridized carbons (Fsp3) is 0.467. The topological polar surface area (TPSA) is 73.8 Å². The fourth-order valence-electron chi connectivity index (χ4n) is 2.89. The second-order valence-corrected chi connectivity index (χ2v) is 5.64. The van der Waals surface area contributed by atoms with Crippen molar-refractivity contribution in [2.75, 3.05) is 5.32 Å². The molecule has 1 fully saturated rings. The number of aliphatic hydroxyl groups is 1. The molecule has 1 aliphatic carbocycles. The molecule has 3 N–H and O–H groups in total. The predicted molar refractivity (Wildman–Crippen MR) is 77.8 cm³/mol. The first-order valence-corrected chi connectivity index (χ1v) is 7.12. The van der Waals surface area contributed by atoms with Gasteiger partial charge in [0.15, 0.2) is 5.82 Å². The number of anilines is 2. The summed E-state index contributed by atoms with van der Waals surface area (Å²) in [6, 6.07) is 5.78. The number of hydrogen-bond acceptors (Lipinski definition) is 4. The van der Waals surface area contributed by atoms with Gasteiger partial charge >= 0.3 is 0 Å². The van der Waals surface area contributed by atoms with Crippen LogP contribution in [0, 0.1) is 5.92 Å². The van der Waals surface area contributed by atoms with Gasteiger partial charge in [-0.1, -0.05) is 13.3 Å². The number of nitrogens with zero attached hydrogens (tertiary/aromatic N) is 2. The van der Waals surface area contributed by atoms with Gasteiger partial charge in [0.05, 0.1) is 12.3 Å². The predicted octanol–water partition coefficient (Wildman–Crippen LogP) is 2.94. The third-order valence-electron chi connectivity index (χ3n) is 3.98. The van der Waals surface area contributed by atoms with E-state index >= 15 is 0 Å². The van der Waals surface area contributed by atoms with Gasteiger partial charge in [-0.25, -0.2) is 0 Å². The molecule has 0 bridgehead atoms. The summed E-state index contributed by atoms with van der Waals surface area (Å²) in [5, 5.41) is 19.8. The van der Waals surface area contributed by atoms with Gasteiger partial charge in [-0.3, -0.25) is 10.1 Å². The smallest absolute Gasteiger partial charge is 0.152 e. The molecule has 0 saturated heterocycles. The number of nitrogens with one attached hydrogen (secondary N) is 2. The first kappa shape index (κ1) is 13.1. The number of aromatic amines is 1. The van der Waals surface area contributed by atoms with Crippen LogP contribution in [-0.4, -0.2) is 20.3 Å². The average molecular weight is 272 g/mol. The second kappa shape index (κ2) is 5.63. The summed E-state index contributed by atoms with van der Waals surface area (Å²) >= 11 is 0. The Bertz CT molecular complexity index is 581. The largest absolute Gasteiger partial charge is 0.390 e. The van der Waals surface area contributed by atoms with E-state index in [0.29, 0.717) is 11.6 Å². The highest BCUT2D eigenvalue weighted by atomic mass is 16.3. The Morgan fingerprint density at radius 2 is 2.30 bits per heavy atom. The molecule has 2 heterocycles. The van der Waals surface area contributed by atoms with Crippen LogP contribution in [-0.2, 0) is 6.61 Å². The molecule has 2 aromatic rings. The highest BCUT2D eigenvalue weighted by molar-refractivity contribution is 5.56. The van der Waals surface area contributed by atoms with E-state index in [0.717, 1.165) is 17.4 Å². The van der Waals surface area contributed by atoms with Crippen LogP contribution in [0.5, 0.6) is 0 Å². The van der Waals surface area contributed by atoms with Crippen LogP contribution in [0.4, 0.5) is 11.5 Å². The van der Waals surface area contributed by atoms with Gasteiger partial charge in [-0.2, -0.15) is 5.10 Å². The van der Waals surface area contributed by atoms with Crippen molar-refractivity contribution in [3.05, 3.63) is 35.8 Å². The molecule has 0 aliphatic heterocycles. The van der Waals surface area contributed by atoms with E-state index in [-0.39, 0.29) is 6.61 Å². The summed E-state index contributed by atoms with van der Waals surface area (Å²) in [6.07, 6.45) is 5.47. The molecular formula is C15H20N4O. The quantitative estimate of drug-likeness (QED) is 0.800. The van der Waals surface area contributed by atoms with E-state index in [1.165, 1.54) is 25.0 Å². The zero-order chi connectivity index (χ0) is 13.9. The van der Waals surface area contributed by atoms with E-state index in [9.17, 15) is 0 Å². The minimum absolute atomic E-state index is 0.0543. The van der Waals surface area contributed by atoms with Crippen LogP contribution in [0.3, 0.4) is 0 Å². The summed E-state index contributed by atoms with van der Waals surface area (Å²) < 4.78 is 0. The fourth-order valence-corrected chi connectivity index (χ4v) is 2.89. The number of aliphatic hydroxyl groups excluding tert-OH is 1. The lowest BCUT2D eigenvalue weighted by Crippen LogP contribution is -1.94. The maximum atomic E-state index is 9.09. The molecule has 5 heteroatoms. The van der Waals surface area contributed by atoms with Gasteiger partial charge in [0.1, 0.15) is 0 Å². The molecule has 0 amide bonds. The summed E-state index contributed by atoms with van der Waals surface area (Å²) in [7, 11) is 0. The first-order valence-electron chi connectivity index (χ1n) is 7.12. The van der Waals surface area contributed by atoms with Gasteiger partial charge in [-0.05, 0) is 30.9 Å². The molecule has 3 rings (SSSR count). The van der Waals surface area contributed by atoms with E-state index < -0.39 is 0 Å². The van der Waals surface area contributed by atoms with Crippen molar-refractivity contribution in [3.63, 3.8) is 0 Å². The molecule has 5 nitrogen and oxygen atoms in total. The van der Waals surface area contributed by atoms with Crippen molar-refractivity contribution in [2.45, 2.75) is 38.7 Å². The van der Waals surface area contributed by atoms with Crippen LogP contribution in [0.25, 0.3) is 0 Å². The number of pyridine rings is 1. The van der Waals surface area contributed by atoms with Gasteiger partial charge in [0.25, 0.3) is 0 Å². The monoisotopic (exact) mass is 272 g/mol. The van der Waals surface area contributed by atoms with Crippen molar-refractivity contribution in [1.82, 2.24) is 15.2 Å². The first-order chi connectivity index (χ1) is 9.74. The van der Waals surface area contributed by atoms with Crippen LogP contribution in [0.1, 0.15) is 43.5 Å². The summed E-state index contributed by atoms with van der Waals surface area (Å²) in [4.78, 5) is 4.06. The van der Waals surface area contributed by atoms with Crippen molar-refractivity contribution in [1.29, 1.82) is 0 Å². The Balaban J connectivity index is 1.70. The zero-order valence-electron chi connectivity index (χ0n) is 11.6. The molecule has 106 valence electrons. The molecular weight excluding hydrogens is 252 g/mol. The Morgan fingerprint density at radius 3 is 3.05 bits per heavy atom. The molecule has 0 spiro atoms. The SMILES string of the molecule is CC1CCC(c2cc(Nc3ccnc(CO)c3)n[nH]2)C1. The number of aromatic nitrogens is 3. The molecule has 2 atom stereocenters. The lowest BCUT2D eigenvalue weighted by molar-refractivity contribution is 0.277. The van der Waals surface area contributed by atoms with Gasteiger partial charge in [-0.15, -0.1) is 0 Å². The van der Waals surface area contributed by atoms with Crippen molar-refractivity contribution in [2.24, 2.45) is 5.92 Å². The third kappa shape index (κ3) is 2.82. The normalized spacial score (nSPS) is 22.1. The average Bonchev–Trinajstić information content (AvgIpc) is 3.08. The highest BCUT2D eigenvalue weighted by Gasteiger charge is 2.24. The maximum absolute atomic E-state index is 9.09. The minimum atomic E-state index is -0.0543. The van der Waals surface area contributed by atoms with E-state index in [2.05, 4.69) is 33.5 Å². The summed E-state index contributed by atoms with van der Waals surface area (Å²) in [5.41, 5.74) is 2.76. The molecule has 0 radical (unpaired) electrons. The Morgan fingerprint density at radius 1 is 1.40 bits per heavy atom. The molecule has 1 saturated carbocycles. The summed E-state index contributed by atoms with van der Waals surface area (Å²) in [5.74, 6) is 2.24. The van der Waals surface area contributed by atoms with Crippen molar-refractivity contribution < 1.29 is 5.11 Å². The Hall–Kier alpha value is -1.88. The second-order valence-electron chi connectivity index (χ2n) is 5.64. The van der Waals surface area contributed by atoms with E-state index in [1.54, 1.807) is 6.20 Å². The van der Waals surface area contributed by atoms with Crippen LogP contribution >= 0.6 is 0 Å². The Labute approximate surface area is 118 Å². The Kier molecular flexibility index (Phi) is 3.69. The van der Waals surface area contributed by atoms with Gasteiger partial charge in [0.2, 0.25) is 0 Å². The lowest BCUT2D eigenvalue weighted by atomic mass is 10.0. The minimum Gasteiger partial charge on any atom is -0.390 e. The standard InChI is InChI=1S/C15H20N4O/c1-10-2-3-11(6-10)14-8-15(19-18-14)17-12-4-5-16-13(7-12)9-20/h4-5,7-8,10-11,20H,2-3,6,9H2,1H3,(H2,16,17,18,19). The lowest BCUT2D eigenvalue weighted by Gasteiger charge is -2.05. The molecule has 1 aliphatic rings. The highest BCUT2D eigenvalue weighted by Crippen LogP contribution is 2.37. The number of H-pyrrole nitrogens is 1. The van der Waals surface area contributed by atoms with Gasteiger partial charge in [0, 0.05) is 29.6 Å². The molecule has 2 aromatic heterocycles. The van der Waals surface area contributed by atoms with E-state index in [4.69, 9.17) is 5.11 Å².